The van der Waals surface area contributed by atoms with Crippen LogP contribution in [0.15, 0.2) is 41.4 Å². The van der Waals surface area contributed by atoms with Gasteiger partial charge in [-0.05, 0) is 55.5 Å². The Balaban J connectivity index is 1.73. The van der Waals surface area contributed by atoms with E-state index in [0.717, 1.165) is 25.9 Å². The Hall–Kier alpha value is -1.65. The number of aromatic nitrogens is 1. The third kappa shape index (κ3) is 5.93. The predicted molar refractivity (Wildman–Crippen MR) is 118 cm³/mol. The monoisotopic (exact) mass is 450 g/mol. The van der Waals surface area contributed by atoms with Crippen molar-refractivity contribution in [2.75, 3.05) is 13.1 Å². The number of nitrogens with one attached hydrogen (secondary N) is 1. The van der Waals surface area contributed by atoms with E-state index >= 15 is 0 Å². The van der Waals surface area contributed by atoms with Gasteiger partial charge in [-0.2, -0.15) is 5.26 Å². The molecule has 8 heteroatoms. The average Bonchev–Trinajstić information content (AvgIpc) is 3.00. The first-order chi connectivity index (χ1) is 14.1. The van der Waals surface area contributed by atoms with Crippen LogP contribution in [0.2, 0.25) is 10.0 Å². The van der Waals surface area contributed by atoms with Crippen LogP contribution >= 0.6 is 35.1 Å². The number of carbonyl (C=O) groups is 1. The summed E-state index contributed by atoms with van der Waals surface area (Å²) in [5, 5.41) is 10.3. The second kappa shape index (κ2) is 10.9. The number of likely N-dealkylation sites (tertiary alicyclic amines) is 1. The maximum Gasteiger partial charge on any atom is 0.240 e. The molecule has 2 heterocycles. The Morgan fingerprint density at radius 3 is 2.48 bits per heavy atom. The molecule has 1 amide bonds. The highest BCUT2D eigenvalue weighted by Crippen LogP contribution is 2.32. The largest absolute Gasteiger partial charge is 0.341 e. The van der Waals surface area contributed by atoms with Crippen molar-refractivity contribution >= 4 is 41.1 Å². The van der Waals surface area contributed by atoms with E-state index < -0.39 is 6.04 Å². The molecule has 0 bridgehead atoms. The van der Waals surface area contributed by atoms with Crippen molar-refractivity contribution in [3.05, 3.63) is 52.3 Å². The summed E-state index contributed by atoms with van der Waals surface area (Å²) in [6.45, 7) is 2.16. The predicted octanol–water partition coefficient (Wildman–Crippen LogP) is 5.12. The second-order valence-electron chi connectivity index (χ2n) is 7.05. The van der Waals surface area contributed by atoms with Crippen molar-refractivity contribution in [1.29, 1.82) is 5.26 Å². The molecule has 1 saturated heterocycles. The highest BCUT2D eigenvalue weighted by Gasteiger charge is 2.25. The minimum absolute atomic E-state index is 0.0910. The van der Waals surface area contributed by atoms with Crippen molar-refractivity contribution in [2.24, 2.45) is 0 Å². The Bertz CT molecular complexity index is 852. The number of aryl methyl sites for hydroxylation is 1. The van der Waals surface area contributed by atoms with Gasteiger partial charge in [0.2, 0.25) is 5.91 Å². The van der Waals surface area contributed by atoms with Crippen LogP contribution in [0.4, 0.5) is 0 Å². The number of carbonyl (C=O) groups excluding carboxylic acids is 1. The molecule has 1 atom stereocenters. The van der Waals surface area contributed by atoms with Crippen molar-refractivity contribution in [1.82, 2.24) is 14.2 Å². The average molecular weight is 451 g/mol. The number of rotatable bonds is 7. The Labute approximate surface area is 186 Å². The van der Waals surface area contributed by atoms with E-state index in [2.05, 4.69) is 10.8 Å². The molecule has 29 heavy (non-hydrogen) atoms. The van der Waals surface area contributed by atoms with Gasteiger partial charge in [0.15, 0.2) is 0 Å². The van der Waals surface area contributed by atoms with E-state index in [1.807, 2.05) is 21.7 Å². The maximum absolute atomic E-state index is 13.3. The molecule has 0 aliphatic carbocycles. The third-order valence-electron chi connectivity index (χ3n) is 5.04. The van der Waals surface area contributed by atoms with Gasteiger partial charge in [-0.1, -0.05) is 42.1 Å². The fourth-order valence-electron chi connectivity index (χ4n) is 3.43. The SMILES string of the molecule is N#Cc1cccn1CCC(NSc1c(Cl)cccc1Cl)C(=O)N1CCCCCC1. The van der Waals surface area contributed by atoms with Crippen molar-refractivity contribution in [3.8, 4) is 6.07 Å². The van der Waals surface area contributed by atoms with Gasteiger partial charge < -0.3 is 9.47 Å². The maximum atomic E-state index is 13.3. The molecule has 154 valence electrons. The molecule has 1 aromatic heterocycles. The van der Waals surface area contributed by atoms with Gasteiger partial charge in [0.05, 0.1) is 21.0 Å². The number of nitrogens with zero attached hydrogens (tertiary/aromatic N) is 3. The summed E-state index contributed by atoms with van der Waals surface area (Å²) in [4.78, 5) is 15.9. The van der Waals surface area contributed by atoms with Crippen LogP contribution in [0.25, 0.3) is 0 Å². The van der Waals surface area contributed by atoms with E-state index in [1.54, 1.807) is 24.3 Å². The molecule has 1 fully saturated rings. The van der Waals surface area contributed by atoms with Gasteiger partial charge in [0, 0.05) is 25.8 Å². The molecule has 1 unspecified atom stereocenters. The first-order valence-electron chi connectivity index (χ1n) is 9.80. The number of nitriles is 1. The summed E-state index contributed by atoms with van der Waals surface area (Å²) >= 11 is 13.9. The molecule has 5 nitrogen and oxygen atoms in total. The topological polar surface area (TPSA) is 61.1 Å². The van der Waals surface area contributed by atoms with Crippen molar-refractivity contribution in [3.63, 3.8) is 0 Å². The van der Waals surface area contributed by atoms with Gasteiger partial charge in [0.25, 0.3) is 0 Å². The minimum Gasteiger partial charge on any atom is -0.341 e. The number of benzene rings is 1. The van der Waals surface area contributed by atoms with Crippen LogP contribution in [0.3, 0.4) is 0 Å². The van der Waals surface area contributed by atoms with Crippen LogP contribution < -0.4 is 4.72 Å². The molecule has 1 aliphatic heterocycles. The van der Waals surface area contributed by atoms with Crippen molar-refractivity contribution in [2.45, 2.75) is 49.6 Å². The summed E-state index contributed by atoms with van der Waals surface area (Å²) in [6.07, 6.45) is 6.84. The van der Waals surface area contributed by atoms with Crippen LogP contribution in [0, 0.1) is 11.3 Å². The molecule has 2 aromatic rings. The molecular formula is C21H24Cl2N4OS. The molecular weight excluding hydrogens is 427 g/mol. The molecule has 1 N–H and O–H groups in total. The van der Waals surface area contributed by atoms with Crippen molar-refractivity contribution < 1.29 is 4.79 Å². The quantitative estimate of drug-likeness (QED) is 0.594. The molecule has 1 aromatic carbocycles. The van der Waals surface area contributed by atoms with Gasteiger partial charge in [-0.15, -0.1) is 0 Å². The number of hydrogen-bond acceptors (Lipinski definition) is 4. The lowest BCUT2D eigenvalue weighted by molar-refractivity contribution is -0.133. The standard InChI is InChI=1S/C21H24Cl2N4OS/c22-17-8-5-9-18(23)20(17)29-25-19(10-14-26-13-6-7-16(26)15-24)21(28)27-11-3-1-2-4-12-27/h5-9,13,19,25H,1-4,10-12,14H2. The normalized spacial score (nSPS) is 15.6. The summed E-state index contributed by atoms with van der Waals surface area (Å²) in [5.41, 5.74) is 0.591. The van der Waals surface area contributed by atoms with E-state index in [-0.39, 0.29) is 5.91 Å². The third-order valence-corrected chi connectivity index (χ3v) is 6.94. The smallest absolute Gasteiger partial charge is 0.240 e. The van der Waals surface area contributed by atoms with E-state index in [9.17, 15) is 10.1 Å². The molecule has 0 saturated carbocycles. The lowest BCUT2D eigenvalue weighted by Gasteiger charge is -2.27. The van der Waals surface area contributed by atoms with E-state index in [4.69, 9.17) is 23.2 Å². The molecule has 0 spiro atoms. The van der Waals surface area contributed by atoms with Crippen LogP contribution in [-0.2, 0) is 11.3 Å². The van der Waals surface area contributed by atoms with Crippen LogP contribution in [0.5, 0.6) is 0 Å². The number of hydrogen-bond donors (Lipinski definition) is 1. The van der Waals surface area contributed by atoms with E-state index in [1.165, 1.54) is 24.8 Å². The Morgan fingerprint density at radius 1 is 1.14 bits per heavy atom. The van der Waals surface area contributed by atoms with Crippen LogP contribution in [-0.4, -0.2) is 34.5 Å². The van der Waals surface area contributed by atoms with Gasteiger partial charge in [0.1, 0.15) is 11.8 Å². The first-order valence-corrected chi connectivity index (χ1v) is 11.4. The second-order valence-corrected chi connectivity index (χ2v) is 8.71. The Kier molecular flexibility index (Phi) is 8.31. The van der Waals surface area contributed by atoms with E-state index in [0.29, 0.717) is 33.6 Å². The summed E-state index contributed by atoms with van der Waals surface area (Å²) in [6, 6.07) is 10.8. The summed E-state index contributed by atoms with van der Waals surface area (Å²) in [5.74, 6) is 0.0910. The van der Waals surface area contributed by atoms with Crippen LogP contribution in [0.1, 0.15) is 37.8 Å². The molecule has 3 rings (SSSR count). The number of amides is 1. The summed E-state index contributed by atoms with van der Waals surface area (Å²) in [7, 11) is 0. The highest BCUT2D eigenvalue weighted by molar-refractivity contribution is 7.97. The highest BCUT2D eigenvalue weighted by atomic mass is 35.5. The van der Waals surface area contributed by atoms with Gasteiger partial charge in [-0.3, -0.25) is 4.79 Å². The summed E-state index contributed by atoms with van der Waals surface area (Å²) < 4.78 is 5.17. The Morgan fingerprint density at radius 2 is 1.83 bits per heavy atom. The lowest BCUT2D eigenvalue weighted by Crippen LogP contribution is -2.45. The first kappa shape index (κ1) is 22.0. The zero-order valence-corrected chi connectivity index (χ0v) is 18.4. The molecule has 1 aliphatic rings. The number of halogens is 2. The zero-order chi connectivity index (χ0) is 20.6. The fraction of sp³-hybridized carbons (Fsp3) is 0.429. The molecule has 0 radical (unpaired) electrons. The van der Waals surface area contributed by atoms with Gasteiger partial charge >= 0.3 is 0 Å². The fourth-order valence-corrected chi connectivity index (χ4v) is 4.87. The minimum atomic E-state index is -0.403. The lowest BCUT2D eigenvalue weighted by atomic mass is 10.2. The zero-order valence-electron chi connectivity index (χ0n) is 16.1. The van der Waals surface area contributed by atoms with Gasteiger partial charge in [-0.25, -0.2) is 4.72 Å².